The first kappa shape index (κ1) is 16.3. The molecule has 0 spiro atoms. The lowest BCUT2D eigenvalue weighted by atomic mass is 10.1. The van der Waals surface area contributed by atoms with Crippen LogP contribution in [0.3, 0.4) is 0 Å². The molecule has 0 amide bonds. The highest BCUT2D eigenvalue weighted by molar-refractivity contribution is 7.99. The van der Waals surface area contributed by atoms with Gasteiger partial charge in [0.1, 0.15) is 5.82 Å². The summed E-state index contributed by atoms with van der Waals surface area (Å²) in [4.78, 5) is 0.967. The van der Waals surface area contributed by atoms with Gasteiger partial charge in [-0.2, -0.15) is 0 Å². The minimum atomic E-state index is -0.183. The molecule has 21 heavy (non-hydrogen) atoms. The Kier molecular flexibility index (Phi) is 6.55. The van der Waals surface area contributed by atoms with Crippen LogP contribution in [0.15, 0.2) is 53.4 Å². The number of halogens is 2. The van der Waals surface area contributed by atoms with Crippen molar-refractivity contribution in [2.45, 2.75) is 24.3 Å². The molecule has 4 heteroatoms. The average molecular weight is 324 g/mol. The summed E-state index contributed by atoms with van der Waals surface area (Å²) in [6.07, 6.45) is 0.938. The maximum atomic E-state index is 13.2. The predicted octanol–water partition coefficient (Wildman–Crippen LogP) is 4.79. The monoisotopic (exact) mass is 323 g/mol. The third-order valence-electron chi connectivity index (χ3n) is 3.14. The van der Waals surface area contributed by atoms with Gasteiger partial charge in [0.25, 0.3) is 0 Å². The van der Waals surface area contributed by atoms with Crippen LogP contribution in [0.4, 0.5) is 4.39 Å². The highest BCUT2D eigenvalue weighted by Crippen LogP contribution is 2.21. The Balaban J connectivity index is 1.93. The average Bonchev–Trinajstić information content (AvgIpc) is 2.47. The van der Waals surface area contributed by atoms with Crippen LogP contribution in [0.25, 0.3) is 0 Å². The van der Waals surface area contributed by atoms with E-state index >= 15 is 0 Å². The van der Waals surface area contributed by atoms with E-state index in [9.17, 15) is 4.39 Å². The molecule has 0 bridgehead atoms. The van der Waals surface area contributed by atoms with Crippen molar-refractivity contribution in [3.8, 4) is 0 Å². The van der Waals surface area contributed by atoms with Crippen molar-refractivity contribution in [1.29, 1.82) is 0 Å². The summed E-state index contributed by atoms with van der Waals surface area (Å²) < 4.78 is 13.2. The van der Waals surface area contributed by atoms with Crippen molar-refractivity contribution in [3.05, 3.63) is 64.9 Å². The third kappa shape index (κ3) is 5.70. The van der Waals surface area contributed by atoms with E-state index in [4.69, 9.17) is 11.6 Å². The molecule has 1 unspecified atom stereocenters. The zero-order valence-corrected chi connectivity index (χ0v) is 13.6. The molecule has 2 rings (SSSR count). The van der Waals surface area contributed by atoms with Gasteiger partial charge in [0.05, 0.1) is 0 Å². The van der Waals surface area contributed by atoms with Crippen LogP contribution in [0, 0.1) is 5.82 Å². The number of benzene rings is 2. The fourth-order valence-electron chi connectivity index (χ4n) is 2.14. The summed E-state index contributed by atoms with van der Waals surface area (Å²) in [5.41, 5.74) is 1.25. The van der Waals surface area contributed by atoms with Gasteiger partial charge in [-0.05, 0) is 48.9 Å². The highest BCUT2D eigenvalue weighted by Gasteiger charge is 2.09. The Bertz CT molecular complexity index is 559. The lowest BCUT2D eigenvalue weighted by molar-refractivity contribution is 0.572. The van der Waals surface area contributed by atoms with Crippen LogP contribution in [0.5, 0.6) is 0 Å². The molecule has 0 aliphatic carbocycles. The molecule has 0 aromatic heterocycles. The van der Waals surface area contributed by atoms with Crippen molar-refractivity contribution in [1.82, 2.24) is 5.32 Å². The second kappa shape index (κ2) is 8.42. The molecule has 0 aliphatic heterocycles. The largest absolute Gasteiger partial charge is 0.313 e. The normalized spacial score (nSPS) is 12.3. The molecule has 0 saturated carbocycles. The zero-order valence-electron chi connectivity index (χ0n) is 12.0. The first-order valence-corrected chi connectivity index (χ1v) is 8.40. The van der Waals surface area contributed by atoms with Gasteiger partial charge in [-0.25, -0.2) is 4.39 Å². The molecule has 0 aliphatic rings. The quantitative estimate of drug-likeness (QED) is 0.735. The topological polar surface area (TPSA) is 12.0 Å². The molecule has 0 saturated heterocycles. The fraction of sp³-hybridized carbons (Fsp3) is 0.294. The van der Waals surface area contributed by atoms with Gasteiger partial charge >= 0.3 is 0 Å². The van der Waals surface area contributed by atoms with Crippen LogP contribution >= 0.6 is 23.4 Å². The Hall–Kier alpha value is -1.03. The van der Waals surface area contributed by atoms with Crippen molar-refractivity contribution < 1.29 is 4.39 Å². The number of hydrogen-bond donors (Lipinski definition) is 1. The molecule has 112 valence electrons. The molecule has 0 fully saturated rings. The molecular formula is C17H19ClFNS. The smallest absolute Gasteiger partial charge is 0.124 e. The Morgan fingerprint density at radius 3 is 2.62 bits per heavy atom. The molecular weight excluding hydrogens is 305 g/mol. The van der Waals surface area contributed by atoms with E-state index in [0.717, 1.165) is 28.6 Å². The Morgan fingerprint density at radius 1 is 1.19 bits per heavy atom. The van der Waals surface area contributed by atoms with E-state index in [1.54, 1.807) is 23.9 Å². The second-order valence-corrected chi connectivity index (χ2v) is 6.38. The summed E-state index contributed by atoms with van der Waals surface area (Å²) >= 11 is 7.59. The van der Waals surface area contributed by atoms with Crippen molar-refractivity contribution in [2.75, 3.05) is 12.3 Å². The second-order valence-electron chi connectivity index (χ2n) is 4.85. The van der Waals surface area contributed by atoms with E-state index in [0.29, 0.717) is 6.04 Å². The summed E-state index contributed by atoms with van der Waals surface area (Å²) in [5, 5.41) is 4.24. The molecule has 2 aromatic rings. The number of thioether (sulfide) groups is 1. The predicted molar refractivity (Wildman–Crippen MR) is 89.7 cm³/mol. The fourth-order valence-corrected chi connectivity index (χ4v) is 3.26. The Labute approximate surface area is 134 Å². The molecule has 0 radical (unpaired) electrons. The number of nitrogens with one attached hydrogen (secondary N) is 1. The Morgan fingerprint density at radius 2 is 1.95 bits per heavy atom. The van der Waals surface area contributed by atoms with Crippen LogP contribution in [-0.2, 0) is 6.42 Å². The van der Waals surface area contributed by atoms with E-state index in [1.807, 2.05) is 18.2 Å². The number of likely N-dealkylation sites (N-methyl/N-ethyl adjacent to an activating group) is 1. The highest BCUT2D eigenvalue weighted by atomic mass is 35.5. The lowest BCUT2D eigenvalue weighted by Crippen LogP contribution is -2.33. The molecule has 1 nitrogen and oxygen atoms in total. The van der Waals surface area contributed by atoms with Gasteiger partial charge in [0.15, 0.2) is 0 Å². The van der Waals surface area contributed by atoms with Gasteiger partial charge in [-0.15, -0.1) is 11.8 Å². The van der Waals surface area contributed by atoms with Crippen molar-refractivity contribution in [3.63, 3.8) is 0 Å². The standard InChI is InChI=1S/C17H19ClFNS/c1-2-20-16(10-13-6-8-14(18)9-7-13)12-21-17-5-3-4-15(19)11-17/h3-9,11,16,20H,2,10,12H2,1H3. The van der Waals surface area contributed by atoms with Crippen LogP contribution in [0.2, 0.25) is 5.02 Å². The first-order valence-electron chi connectivity index (χ1n) is 7.03. The van der Waals surface area contributed by atoms with E-state index in [-0.39, 0.29) is 5.82 Å². The summed E-state index contributed by atoms with van der Waals surface area (Å²) in [6.45, 7) is 3.02. The van der Waals surface area contributed by atoms with Gasteiger partial charge in [0, 0.05) is 21.7 Å². The third-order valence-corrected chi connectivity index (χ3v) is 4.54. The van der Waals surface area contributed by atoms with Gasteiger partial charge in [-0.3, -0.25) is 0 Å². The molecule has 0 heterocycles. The summed E-state index contributed by atoms with van der Waals surface area (Å²) in [5.74, 6) is 0.720. The van der Waals surface area contributed by atoms with E-state index in [1.165, 1.54) is 11.6 Å². The molecule has 1 N–H and O–H groups in total. The summed E-state index contributed by atoms with van der Waals surface area (Å²) in [6, 6.07) is 15.0. The van der Waals surface area contributed by atoms with Crippen LogP contribution in [-0.4, -0.2) is 18.3 Å². The molecule has 2 aromatic carbocycles. The maximum absolute atomic E-state index is 13.2. The van der Waals surface area contributed by atoms with Crippen LogP contribution < -0.4 is 5.32 Å². The zero-order chi connectivity index (χ0) is 15.1. The van der Waals surface area contributed by atoms with Gasteiger partial charge in [0.2, 0.25) is 0 Å². The van der Waals surface area contributed by atoms with Gasteiger partial charge < -0.3 is 5.32 Å². The molecule has 1 atom stereocenters. The minimum Gasteiger partial charge on any atom is -0.313 e. The minimum absolute atomic E-state index is 0.183. The van der Waals surface area contributed by atoms with E-state index < -0.39 is 0 Å². The van der Waals surface area contributed by atoms with Crippen LogP contribution in [0.1, 0.15) is 12.5 Å². The van der Waals surface area contributed by atoms with Gasteiger partial charge in [-0.1, -0.05) is 36.7 Å². The lowest BCUT2D eigenvalue weighted by Gasteiger charge is -2.17. The maximum Gasteiger partial charge on any atom is 0.124 e. The number of rotatable bonds is 7. The number of hydrogen-bond acceptors (Lipinski definition) is 2. The first-order chi connectivity index (χ1) is 10.2. The summed E-state index contributed by atoms with van der Waals surface area (Å²) in [7, 11) is 0. The van der Waals surface area contributed by atoms with Crippen molar-refractivity contribution in [2.24, 2.45) is 0 Å². The van der Waals surface area contributed by atoms with E-state index in [2.05, 4.69) is 24.4 Å². The van der Waals surface area contributed by atoms with Crippen molar-refractivity contribution >= 4 is 23.4 Å². The SMILES string of the molecule is CCNC(CSc1cccc(F)c1)Cc1ccc(Cl)cc1.